The number of sulfonamides is 1. The van der Waals surface area contributed by atoms with E-state index in [0.717, 1.165) is 6.42 Å². The SMILES string of the molecule is CC[C@@H](C)NC(=O)c1cccc(S(=O)(=O)Nc2cccc(Cl)c2)c1. The van der Waals surface area contributed by atoms with Crippen molar-refractivity contribution in [3.8, 4) is 0 Å². The molecular formula is C17H19ClN2O3S. The van der Waals surface area contributed by atoms with Crippen LogP contribution in [0.3, 0.4) is 0 Å². The largest absolute Gasteiger partial charge is 0.350 e. The van der Waals surface area contributed by atoms with Gasteiger partial charge in [-0.05, 0) is 49.7 Å². The van der Waals surface area contributed by atoms with Gasteiger partial charge in [-0.1, -0.05) is 30.7 Å². The lowest BCUT2D eigenvalue weighted by Gasteiger charge is -2.12. The van der Waals surface area contributed by atoms with Crippen LogP contribution in [0.5, 0.6) is 0 Å². The number of rotatable bonds is 6. The number of hydrogen-bond acceptors (Lipinski definition) is 3. The molecule has 0 heterocycles. The first-order valence-electron chi connectivity index (χ1n) is 7.51. The number of hydrogen-bond donors (Lipinski definition) is 2. The summed E-state index contributed by atoms with van der Waals surface area (Å²) in [6.45, 7) is 3.85. The summed E-state index contributed by atoms with van der Waals surface area (Å²) in [5.74, 6) is -0.302. The predicted octanol–water partition coefficient (Wildman–Crippen LogP) is 3.67. The zero-order chi connectivity index (χ0) is 17.7. The Morgan fingerprint density at radius 2 is 1.88 bits per heavy atom. The van der Waals surface area contributed by atoms with Gasteiger partial charge in [0.1, 0.15) is 0 Å². The van der Waals surface area contributed by atoms with Gasteiger partial charge in [0.2, 0.25) is 0 Å². The van der Waals surface area contributed by atoms with Gasteiger partial charge in [0.05, 0.1) is 10.6 Å². The highest BCUT2D eigenvalue weighted by Crippen LogP contribution is 2.20. The van der Waals surface area contributed by atoms with Crippen molar-refractivity contribution in [1.29, 1.82) is 0 Å². The second-order valence-corrected chi connectivity index (χ2v) is 7.55. The van der Waals surface area contributed by atoms with Crippen molar-refractivity contribution in [2.75, 3.05) is 4.72 Å². The predicted molar refractivity (Wildman–Crippen MR) is 95.9 cm³/mol. The average molecular weight is 367 g/mol. The Morgan fingerprint density at radius 3 is 2.54 bits per heavy atom. The fourth-order valence-corrected chi connectivity index (χ4v) is 3.26. The van der Waals surface area contributed by atoms with Crippen LogP contribution in [0.1, 0.15) is 30.6 Å². The number of carbonyl (C=O) groups excluding carboxylic acids is 1. The second-order valence-electron chi connectivity index (χ2n) is 5.43. The molecule has 0 bridgehead atoms. The minimum absolute atomic E-state index is 0.0132. The normalized spacial score (nSPS) is 12.5. The fourth-order valence-electron chi connectivity index (χ4n) is 1.98. The second kappa shape index (κ2) is 7.68. The summed E-state index contributed by atoms with van der Waals surface area (Å²) in [4.78, 5) is 12.2. The molecule has 1 amide bonds. The Labute approximate surface area is 147 Å². The molecular weight excluding hydrogens is 348 g/mol. The van der Waals surface area contributed by atoms with Crippen LogP contribution >= 0.6 is 11.6 Å². The van der Waals surface area contributed by atoms with Crippen LogP contribution in [0.15, 0.2) is 53.4 Å². The molecule has 0 saturated heterocycles. The summed E-state index contributed by atoms with van der Waals surface area (Å²) in [7, 11) is -3.81. The lowest BCUT2D eigenvalue weighted by Crippen LogP contribution is -2.32. The zero-order valence-electron chi connectivity index (χ0n) is 13.4. The Morgan fingerprint density at radius 1 is 1.17 bits per heavy atom. The van der Waals surface area contributed by atoms with Crippen molar-refractivity contribution < 1.29 is 13.2 Å². The molecule has 0 aliphatic rings. The van der Waals surface area contributed by atoms with Gasteiger partial charge in [-0.15, -0.1) is 0 Å². The van der Waals surface area contributed by atoms with E-state index in [1.54, 1.807) is 24.3 Å². The van der Waals surface area contributed by atoms with Gasteiger partial charge < -0.3 is 5.32 Å². The van der Waals surface area contributed by atoms with Gasteiger partial charge in [0.25, 0.3) is 15.9 Å². The van der Waals surface area contributed by atoms with Gasteiger partial charge in [0.15, 0.2) is 0 Å². The molecule has 0 radical (unpaired) electrons. The lowest BCUT2D eigenvalue weighted by molar-refractivity contribution is 0.0939. The van der Waals surface area contributed by atoms with Crippen LogP contribution in [-0.2, 0) is 10.0 Å². The van der Waals surface area contributed by atoms with Crippen molar-refractivity contribution >= 4 is 33.2 Å². The molecule has 0 spiro atoms. The van der Waals surface area contributed by atoms with E-state index in [4.69, 9.17) is 11.6 Å². The van der Waals surface area contributed by atoms with Gasteiger partial charge in [-0.25, -0.2) is 8.42 Å². The van der Waals surface area contributed by atoms with Crippen LogP contribution < -0.4 is 10.0 Å². The first kappa shape index (κ1) is 18.3. The summed E-state index contributed by atoms with van der Waals surface area (Å²) in [6, 6.07) is 12.3. The summed E-state index contributed by atoms with van der Waals surface area (Å²) in [6.07, 6.45) is 0.792. The van der Waals surface area contributed by atoms with E-state index in [2.05, 4.69) is 10.0 Å². The standard InChI is InChI=1S/C17H19ClN2O3S/c1-3-12(2)19-17(21)13-6-4-9-16(10-13)24(22,23)20-15-8-5-7-14(18)11-15/h4-12,20H,3H2,1-2H3,(H,19,21)/t12-/m1/s1. The van der Waals surface area contributed by atoms with E-state index in [9.17, 15) is 13.2 Å². The third kappa shape index (κ3) is 4.72. The number of benzene rings is 2. The van der Waals surface area contributed by atoms with Crippen LogP contribution in [0.4, 0.5) is 5.69 Å². The van der Waals surface area contributed by atoms with E-state index in [1.807, 2.05) is 13.8 Å². The highest BCUT2D eigenvalue weighted by Gasteiger charge is 2.17. The molecule has 1 atom stereocenters. The monoisotopic (exact) mass is 366 g/mol. The van der Waals surface area contributed by atoms with Crippen molar-refractivity contribution in [1.82, 2.24) is 5.32 Å². The summed E-state index contributed by atoms with van der Waals surface area (Å²) < 4.78 is 27.4. The maximum absolute atomic E-state index is 12.5. The maximum atomic E-state index is 12.5. The molecule has 2 N–H and O–H groups in total. The molecule has 0 aromatic heterocycles. The molecule has 7 heteroatoms. The topological polar surface area (TPSA) is 75.3 Å². The summed E-state index contributed by atoms with van der Waals surface area (Å²) >= 11 is 5.86. The van der Waals surface area contributed by atoms with E-state index in [-0.39, 0.29) is 16.8 Å². The Bertz CT molecular complexity index is 837. The molecule has 0 aliphatic heterocycles. The van der Waals surface area contributed by atoms with Gasteiger partial charge in [0, 0.05) is 16.6 Å². The molecule has 2 rings (SSSR count). The number of nitrogens with one attached hydrogen (secondary N) is 2. The number of carbonyl (C=O) groups is 1. The highest BCUT2D eigenvalue weighted by atomic mass is 35.5. The van der Waals surface area contributed by atoms with Crippen molar-refractivity contribution in [3.63, 3.8) is 0 Å². The van der Waals surface area contributed by atoms with E-state index in [0.29, 0.717) is 16.3 Å². The molecule has 0 fully saturated rings. The minimum atomic E-state index is -3.81. The Balaban J connectivity index is 2.25. The van der Waals surface area contributed by atoms with Crippen molar-refractivity contribution in [2.45, 2.75) is 31.2 Å². The summed E-state index contributed by atoms with van der Waals surface area (Å²) in [5.41, 5.74) is 0.654. The maximum Gasteiger partial charge on any atom is 0.261 e. The number of amides is 1. The third-order valence-electron chi connectivity index (χ3n) is 3.47. The molecule has 0 aliphatic carbocycles. The fraction of sp³-hybridized carbons (Fsp3) is 0.235. The molecule has 0 unspecified atom stereocenters. The van der Waals surface area contributed by atoms with Crippen LogP contribution in [0.25, 0.3) is 0 Å². The smallest absolute Gasteiger partial charge is 0.261 e. The van der Waals surface area contributed by atoms with Gasteiger partial charge in [-0.2, -0.15) is 0 Å². The van der Waals surface area contributed by atoms with E-state index < -0.39 is 10.0 Å². The van der Waals surface area contributed by atoms with Crippen LogP contribution in [-0.4, -0.2) is 20.4 Å². The Hall–Kier alpha value is -2.05. The van der Waals surface area contributed by atoms with Crippen molar-refractivity contribution in [3.05, 3.63) is 59.1 Å². The molecule has 0 saturated carbocycles. The summed E-state index contributed by atoms with van der Waals surface area (Å²) in [5, 5.41) is 3.24. The number of anilines is 1. The first-order chi connectivity index (χ1) is 11.3. The third-order valence-corrected chi connectivity index (χ3v) is 5.09. The molecule has 24 heavy (non-hydrogen) atoms. The van der Waals surface area contributed by atoms with E-state index in [1.165, 1.54) is 24.3 Å². The van der Waals surface area contributed by atoms with Gasteiger partial charge in [-0.3, -0.25) is 9.52 Å². The lowest BCUT2D eigenvalue weighted by atomic mass is 10.2. The molecule has 2 aromatic carbocycles. The van der Waals surface area contributed by atoms with Crippen LogP contribution in [0.2, 0.25) is 5.02 Å². The van der Waals surface area contributed by atoms with Gasteiger partial charge >= 0.3 is 0 Å². The van der Waals surface area contributed by atoms with Crippen LogP contribution in [0, 0.1) is 0 Å². The minimum Gasteiger partial charge on any atom is -0.350 e. The molecule has 128 valence electrons. The number of halogens is 1. The average Bonchev–Trinajstić information content (AvgIpc) is 2.54. The van der Waals surface area contributed by atoms with Crippen molar-refractivity contribution in [2.24, 2.45) is 0 Å². The quantitative estimate of drug-likeness (QED) is 0.819. The Kier molecular flexibility index (Phi) is 5.85. The first-order valence-corrected chi connectivity index (χ1v) is 9.37. The molecule has 5 nitrogen and oxygen atoms in total. The highest BCUT2D eigenvalue weighted by molar-refractivity contribution is 7.92. The molecule has 2 aromatic rings. The van der Waals surface area contributed by atoms with E-state index >= 15 is 0 Å². The zero-order valence-corrected chi connectivity index (χ0v) is 15.0.